The van der Waals surface area contributed by atoms with Gasteiger partial charge in [0.2, 0.25) is 0 Å². The number of rotatable bonds is 9. The summed E-state index contributed by atoms with van der Waals surface area (Å²) in [6, 6.07) is 5.75. The van der Waals surface area contributed by atoms with Crippen molar-refractivity contribution in [3.8, 4) is 11.5 Å². The molecule has 0 atom stereocenters. The molecule has 1 heterocycles. The molecule has 0 saturated heterocycles. The lowest BCUT2D eigenvalue weighted by atomic mass is 10.1. The standard InChI is InChI=1S/C19H25F3N4O2S/c1-4-23-18(25-10-8-17-26-16(12-29-17)19(20,21)22)24-9-7-13-5-6-14(27-2)15(11-13)28-3/h5-6,11-12H,4,7-10H2,1-3H3,(H2,23,24,25). The topological polar surface area (TPSA) is 67.8 Å². The van der Waals surface area contributed by atoms with Crippen molar-refractivity contribution in [2.45, 2.75) is 25.9 Å². The van der Waals surface area contributed by atoms with E-state index in [1.165, 1.54) is 0 Å². The van der Waals surface area contributed by atoms with Crippen molar-refractivity contribution >= 4 is 17.3 Å². The summed E-state index contributed by atoms with van der Waals surface area (Å²) in [6.07, 6.45) is -3.31. The predicted octanol–water partition coefficient (Wildman–Crippen LogP) is 3.52. The Bertz CT molecular complexity index is 809. The summed E-state index contributed by atoms with van der Waals surface area (Å²) >= 11 is 1.000. The number of halogens is 3. The SMILES string of the molecule is CCNC(=NCCc1nc(C(F)(F)F)cs1)NCCc1ccc(OC)c(OC)c1. The minimum Gasteiger partial charge on any atom is -0.493 e. The molecule has 0 amide bonds. The van der Waals surface area contributed by atoms with Crippen LogP contribution in [0.1, 0.15) is 23.2 Å². The maximum Gasteiger partial charge on any atom is 0.434 e. The molecule has 0 unspecified atom stereocenters. The number of alkyl halides is 3. The second kappa shape index (κ2) is 10.9. The average molecular weight is 430 g/mol. The first kappa shape index (κ1) is 22.8. The molecule has 2 rings (SSSR count). The lowest BCUT2D eigenvalue weighted by Crippen LogP contribution is -2.38. The van der Waals surface area contributed by atoms with Crippen molar-refractivity contribution in [3.63, 3.8) is 0 Å². The van der Waals surface area contributed by atoms with Crippen LogP contribution in [0, 0.1) is 0 Å². The zero-order valence-electron chi connectivity index (χ0n) is 16.6. The molecule has 0 aliphatic heterocycles. The largest absolute Gasteiger partial charge is 0.493 e. The Labute approximate surface area is 172 Å². The monoisotopic (exact) mass is 430 g/mol. The molecule has 10 heteroatoms. The number of nitrogens with zero attached hydrogens (tertiary/aromatic N) is 2. The van der Waals surface area contributed by atoms with Crippen LogP contribution >= 0.6 is 11.3 Å². The van der Waals surface area contributed by atoms with Gasteiger partial charge < -0.3 is 20.1 Å². The van der Waals surface area contributed by atoms with Gasteiger partial charge in [-0.15, -0.1) is 11.3 Å². The van der Waals surface area contributed by atoms with E-state index in [-0.39, 0.29) is 0 Å². The van der Waals surface area contributed by atoms with Crippen LogP contribution in [0.15, 0.2) is 28.6 Å². The van der Waals surface area contributed by atoms with Gasteiger partial charge in [-0.25, -0.2) is 4.98 Å². The first-order chi connectivity index (χ1) is 13.9. The third-order valence-electron chi connectivity index (χ3n) is 3.94. The number of methoxy groups -OCH3 is 2. The molecule has 6 nitrogen and oxygen atoms in total. The van der Waals surface area contributed by atoms with Crippen molar-refractivity contribution in [1.29, 1.82) is 0 Å². The second-order valence-electron chi connectivity index (χ2n) is 6.00. The zero-order valence-corrected chi connectivity index (χ0v) is 17.4. The van der Waals surface area contributed by atoms with Crippen LogP contribution < -0.4 is 20.1 Å². The Morgan fingerprint density at radius 1 is 1.14 bits per heavy atom. The molecule has 0 saturated carbocycles. The van der Waals surface area contributed by atoms with E-state index in [9.17, 15) is 13.2 Å². The van der Waals surface area contributed by atoms with Crippen molar-refractivity contribution in [1.82, 2.24) is 15.6 Å². The summed E-state index contributed by atoms with van der Waals surface area (Å²) in [6.45, 7) is 3.60. The molecule has 0 bridgehead atoms. The van der Waals surface area contributed by atoms with Gasteiger partial charge in [0.05, 0.1) is 19.2 Å². The van der Waals surface area contributed by atoms with Gasteiger partial charge in [-0.05, 0) is 31.0 Å². The molecule has 0 aliphatic rings. The molecule has 2 aromatic rings. The lowest BCUT2D eigenvalue weighted by molar-refractivity contribution is -0.140. The van der Waals surface area contributed by atoms with E-state index >= 15 is 0 Å². The molecular formula is C19H25F3N4O2S. The van der Waals surface area contributed by atoms with Crippen LogP contribution in [0.4, 0.5) is 13.2 Å². The molecule has 2 N–H and O–H groups in total. The number of benzene rings is 1. The van der Waals surface area contributed by atoms with Crippen molar-refractivity contribution in [2.75, 3.05) is 33.9 Å². The van der Waals surface area contributed by atoms with Crippen LogP contribution in [-0.2, 0) is 19.0 Å². The van der Waals surface area contributed by atoms with E-state index in [0.717, 1.165) is 28.7 Å². The molecule has 0 fully saturated rings. The molecule has 1 aromatic carbocycles. The number of thiazole rings is 1. The third kappa shape index (κ3) is 7.12. The zero-order chi connectivity index (χ0) is 21.3. The highest BCUT2D eigenvalue weighted by atomic mass is 32.1. The lowest BCUT2D eigenvalue weighted by Gasteiger charge is -2.12. The number of aliphatic imine (C=N–C) groups is 1. The highest BCUT2D eigenvalue weighted by Gasteiger charge is 2.33. The Morgan fingerprint density at radius 2 is 1.90 bits per heavy atom. The minimum absolute atomic E-state index is 0.344. The van der Waals surface area contributed by atoms with E-state index in [2.05, 4.69) is 20.6 Å². The summed E-state index contributed by atoms with van der Waals surface area (Å²) < 4.78 is 48.3. The predicted molar refractivity (Wildman–Crippen MR) is 108 cm³/mol. The third-order valence-corrected chi connectivity index (χ3v) is 4.84. The highest BCUT2D eigenvalue weighted by Crippen LogP contribution is 2.30. The van der Waals surface area contributed by atoms with Crippen LogP contribution in [0.5, 0.6) is 11.5 Å². The van der Waals surface area contributed by atoms with Crippen LogP contribution in [0.25, 0.3) is 0 Å². The van der Waals surface area contributed by atoms with Gasteiger partial charge in [0.15, 0.2) is 23.2 Å². The van der Waals surface area contributed by atoms with E-state index in [0.29, 0.717) is 48.5 Å². The molecule has 1 aromatic heterocycles. The fraction of sp³-hybridized carbons (Fsp3) is 0.474. The van der Waals surface area contributed by atoms with E-state index in [1.54, 1.807) is 14.2 Å². The summed E-state index contributed by atoms with van der Waals surface area (Å²) in [7, 11) is 3.18. The number of guanidine groups is 1. The van der Waals surface area contributed by atoms with Gasteiger partial charge >= 0.3 is 6.18 Å². The Hall–Kier alpha value is -2.49. The van der Waals surface area contributed by atoms with Crippen molar-refractivity contribution < 1.29 is 22.6 Å². The Morgan fingerprint density at radius 3 is 2.52 bits per heavy atom. The maximum atomic E-state index is 12.6. The number of ether oxygens (including phenoxy) is 2. The molecule has 0 spiro atoms. The smallest absolute Gasteiger partial charge is 0.434 e. The van der Waals surface area contributed by atoms with Crippen molar-refractivity contribution in [2.24, 2.45) is 4.99 Å². The Kier molecular flexibility index (Phi) is 8.56. The second-order valence-corrected chi connectivity index (χ2v) is 6.94. The fourth-order valence-corrected chi connectivity index (χ4v) is 3.32. The first-order valence-corrected chi connectivity index (χ1v) is 10.00. The van der Waals surface area contributed by atoms with Crippen LogP contribution in [0.2, 0.25) is 0 Å². The highest BCUT2D eigenvalue weighted by molar-refractivity contribution is 7.09. The van der Waals surface area contributed by atoms with E-state index in [1.807, 2.05) is 25.1 Å². The summed E-state index contributed by atoms with van der Waals surface area (Å²) in [5.74, 6) is 1.96. The van der Waals surface area contributed by atoms with Crippen LogP contribution in [0.3, 0.4) is 0 Å². The summed E-state index contributed by atoms with van der Waals surface area (Å²) in [4.78, 5) is 8.03. The molecule has 0 aliphatic carbocycles. The normalized spacial score (nSPS) is 12.0. The first-order valence-electron chi connectivity index (χ1n) is 9.12. The fourth-order valence-electron chi connectivity index (χ4n) is 2.52. The molecule has 0 radical (unpaired) electrons. The average Bonchev–Trinajstić information content (AvgIpc) is 3.17. The van der Waals surface area contributed by atoms with Crippen LogP contribution in [-0.4, -0.2) is 44.8 Å². The van der Waals surface area contributed by atoms with Gasteiger partial charge in [0.25, 0.3) is 0 Å². The number of hydrogen-bond acceptors (Lipinski definition) is 5. The maximum absolute atomic E-state index is 12.6. The molecule has 29 heavy (non-hydrogen) atoms. The molecular weight excluding hydrogens is 405 g/mol. The minimum atomic E-state index is -4.40. The number of aromatic nitrogens is 1. The van der Waals surface area contributed by atoms with Gasteiger partial charge in [0, 0.05) is 31.4 Å². The molecule has 160 valence electrons. The Balaban J connectivity index is 1.87. The quantitative estimate of drug-likeness (QED) is 0.471. The van der Waals surface area contributed by atoms with Gasteiger partial charge in [-0.1, -0.05) is 6.07 Å². The van der Waals surface area contributed by atoms with Gasteiger partial charge in [-0.2, -0.15) is 13.2 Å². The van der Waals surface area contributed by atoms with E-state index < -0.39 is 11.9 Å². The van der Waals surface area contributed by atoms with E-state index in [4.69, 9.17) is 9.47 Å². The van der Waals surface area contributed by atoms with Gasteiger partial charge in [-0.3, -0.25) is 4.99 Å². The number of hydrogen-bond donors (Lipinski definition) is 2. The summed E-state index contributed by atoms with van der Waals surface area (Å²) in [5, 5.41) is 7.80. The van der Waals surface area contributed by atoms with Gasteiger partial charge in [0.1, 0.15) is 0 Å². The van der Waals surface area contributed by atoms with Crippen molar-refractivity contribution in [3.05, 3.63) is 39.8 Å². The number of nitrogens with one attached hydrogen (secondary N) is 2. The summed E-state index contributed by atoms with van der Waals surface area (Å²) in [5.41, 5.74) is 0.231.